The van der Waals surface area contributed by atoms with Crippen LogP contribution in [0.2, 0.25) is 5.02 Å². The number of nitrogens with zero attached hydrogens (tertiary/aromatic N) is 2. The molecule has 0 amide bonds. The van der Waals surface area contributed by atoms with Crippen molar-refractivity contribution in [2.24, 2.45) is 0 Å². The van der Waals surface area contributed by atoms with Crippen molar-refractivity contribution in [1.29, 1.82) is 0 Å². The number of morpholine rings is 1. The fourth-order valence-corrected chi connectivity index (χ4v) is 3.67. The largest absolute Gasteiger partial charge is 0.418 e. The Morgan fingerprint density at radius 1 is 1.16 bits per heavy atom. The van der Waals surface area contributed by atoms with Crippen LogP contribution in [-0.2, 0) is 17.5 Å². The van der Waals surface area contributed by atoms with Crippen molar-refractivity contribution in [1.82, 2.24) is 9.80 Å². The van der Waals surface area contributed by atoms with Crippen LogP contribution >= 0.6 is 23.8 Å². The van der Waals surface area contributed by atoms with Gasteiger partial charge in [0.2, 0.25) is 0 Å². The van der Waals surface area contributed by atoms with Gasteiger partial charge in [-0.3, -0.25) is 4.90 Å². The molecule has 2 aromatic rings. The zero-order chi connectivity index (χ0) is 22.4. The summed E-state index contributed by atoms with van der Waals surface area (Å²) < 4.78 is 59.8. The van der Waals surface area contributed by atoms with Crippen molar-refractivity contribution in [2.45, 2.75) is 12.7 Å². The summed E-state index contributed by atoms with van der Waals surface area (Å²) in [6.45, 7) is 3.87. The lowest BCUT2D eigenvalue weighted by Crippen LogP contribution is -2.44. The van der Waals surface area contributed by atoms with Crippen LogP contribution in [0.4, 0.5) is 23.2 Å². The Morgan fingerprint density at radius 3 is 2.55 bits per heavy atom. The van der Waals surface area contributed by atoms with Gasteiger partial charge in [-0.05, 0) is 36.5 Å². The first-order valence-electron chi connectivity index (χ1n) is 9.70. The van der Waals surface area contributed by atoms with Crippen molar-refractivity contribution in [3.8, 4) is 0 Å². The SMILES string of the molecule is Fc1ccccc1CN(CCN1CCOCC1)C(=S)Nc1cc(Cl)ccc1C(F)(F)F. The quantitative estimate of drug-likeness (QED) is 0.467. The fraction of sp³-hybridized carbons (Fsp3) is 0.381. The van der Waals surface area contributed by atoms with E-state index < -0.39 is 17.6 Å². The van der Waals surface area contributed by atoms with Crippen molar-refractivity contribution in [2.75, 3.05) is 44.7 Å². The molecule has 1 fully saturated rings. The first-order chi connectivity index (χ1) is 14.7. The Labute approximate surface area is 188 Å². The fourth-order valence-electron chi connectivity index (χ4n) is 3.23. The van der Waals surface area contributed by atoms with Gasteiger partial charge in [0.05, 0.1) is 24.5 Å². The minimum atomic E-state index is -4.58. The Kier molecular flexibility index (Phi) is 8.10. The number of halogens is 5. The predicted octanol–water partition coefficient (Wildman–Crippen LogP) is 5.03. The molecule has 1 N–H and O–H groups in total. The molecular formula is C21H22ClF4N3OS. The summed E-state index contributed by atoms with van der Waals surface area (Å²) >= 11 is 11.3. The number of hydrogen-bond acceptors (Lipinski definition) is 3. The van der Waals surface area contributed by atoms with E-state index >= 15 is 0 Å². The molecule has 0 atom stereocenters. The number of anilines is 1. The van der Waals surface area contributed by atoms with Gasteiger partial charge >= 0.3 is 6.18 Å². The van der Waals surface area contributed by atoms with Crippen LogP contribution < -0.4 is 5.32 Å². The van der Waals surface area contributed by atoms with Gasteiger partial charge in [0.25, 0.3) is 0 Å². The maximum absolute atomic E-state index is 14.2. The van der Waals surface area contributed by atoms with Gasteiger partial charge in [0, 0.05) is 43.3 Å². The van der Waals surface area contributed by atoms with Crippen LogP contribution in [0.5, 0.6) is 0 Å². The van der Waals surface area contributed by atoms with E-state index in [1.807, 2.05) is 0 Å². The number of benzene rings is 2. The number of nitrogens with one attached hydrogen (secondary N) is 1. The first kappa shape index (κ1) is 23.7. The lowest BCUT2D eigenvalue weighted by molar-refractivity contribution is -0.136. The highest BCUT2D eigenvalue weighted by molar-refractivity contribution is 7.80. The number of ether oxygens (including phenoxy) is 1. The Bertz CT molecular complexity index is 906. The third-order valence-electron chi connectivity index (χ3n) is 4.92. The average molecular weight is 476 g/mol. The number of thiocarbonyl (C=S) groups is 1. The minimum absolute atomic E-state index is 0.0595. The molecule has 0 bridgehead atoms. The molecule has 1 saturated heterocycles. The first-order valence-corrected chi connectivity index (χ1v) is 10.5. The second-order valence-electron chi connectivity index (χ2n) is 7.08. The molecule has 0 spiro atoms. The highest BCUT2D eigenvalue weighted by Crippen LogP contribution is 2.36. The zero-order valence-corrected chi connectivity index (χ0v) is 18.2. The summed E-state index contributed by atoms with van der Waals surface area (Å²) in [4.78, 5) is 3.82. The maximum atomic E-state index is 14.2. The van der Waals surface area contributed by atoms with Gasteiger partial charge < -0.3 is 15.0 Å². The van der Waals surface area contributed by atoms with E-state index in [9.17, 15) is 17.6 Å². The molecular weight excluding hydrogens is 454 g/mol. The van der Waals surface area contributed by atoms with E-state index in [4.69, 9.17) is 28.6 Å². The molecule has 2 aromatic carbocycles. The third-order valence-corrected chi connectivity index (χ3v) is 5.52. The van der Waals surface area contributed by atoms with Crippen LogP contribution in [-0.4, -0.2) is 54.3 Å². The van der Waals surface area contributed by atoms with Crippen LogP contribution in [0, 0.1) is 5.82 Å². The molecule has 1 aliphatic heterocycles. The molecule has 0 aromatic heterocycles. The Hall–Kier alpha value is -1.94. The number of rotatable bonds is 6. The highest BCUT2D eigenvalue weighted by atomic mass is 35.5. The molecule has 10 heteroatoms. The van der Waals surface area contributed by atoms with Gasteiger partial charge in [0.15, 0.2) is 5.11 Å². The second kappa shape index (κ2) is 10.6. The number of hydrogen-bond donors (Lipinski definition) is 1. The van der Waals surface area contributed by atoms with Gasteiger partial charge in [-0.25, -0.2) is 4.39 Å². The highest BCUT2D eigenvalue weighted by Gasteiger charge is 2.34. The van der Waals surface area contributed by atoms with E-state index in [0.717, 1.165) is 19.2 Å². The monoisotopic (exact) mass is 475 g/mol. The summed E-state index contributed by atoms with van der Waals surface area (Å²) in [6.07, 6.45) is -4.58. The van der Waals surface area contributed by atoms with E-state index in [2.05, 4.69) is 10.2 Å². The van der Waals surface area contributed by atoms with E-state index in [-0.39, 0.29) is 22.4 Å². The number of alkyl halides is 3. The summed E-state index contributed by atoms with van der Waals surface area (Å²) in [5.74, 6) is -0.402. The molecule has 0 aliphatic carbocycles. The van der Waals surface area contributed by atoms with Gasteiger partial charge in [-0.1, -0.05) is 29.8 Å². The molecule has 3 rings (SSSR count). The smallest absolute Gasteiger partial charge is 0.379 e. The Balaban J connectivity index is 1.80. The van der Waals surface area contributed by atoms with Gasteiger partial charge in [-0.2, -0.15) is 13.2 Å². The third kappa shape index (κ3) is 6.77. The molecule has 168 valence electrons. The van der Waals surface area contributed by atoms with Crippen LogP contribution in [0.3, 0.4) is 0 Å². The predicted molar refractivity (Wildman–Crippen MR) is 117 cm³/mol. The van der Waals surface area contributed by atoms with E-state index in [0.29, 0.717) is 31.9 Å². The van der Waals surface area contributed by atoms with Crippen LogP contribution in [0.25, 0.3) is 0 Å². The molecule has 1 aliphatic rings. The zero-order valence-electron chi connectivity index (χ0n) is 16.6. The molecule has 1 heterocycles. The van der Waals surface area contributed by atoms with E-state index in [1.54, 1.807) is 23.1 Å². The second-order valence-corrected chi connectivity index (χ2v) is 7.91. The summed E-state index contributed by atoms with van der Waals surface area (Å²) in [6, 6.07) is 9.50. The van der Waals surface area contributed by atoms with E-state index in [1.165, 1.54) is 18.2 Å². The molecule has 31 heavy (non-hydrogen) atoms. The summed E-state index contributed by atoms with van der Waals surface area (Å²) in [5, 5.41) is 2.88. The molecule has 4 nitrogen and oxygen atoms in total. The topological polar surface area (TPSA) is 27.7 Å². The molecule has 0 unspecified atom stereocenters. The van der Waals surface area contributed by atoms with Crippen LogP contribution in [0.15, 0.2) is 42.5 Å². The standard InChI is InChI=1S/C21H22ClF4N3OS/c22-16-5-6-17(21(24,25)26)19(13-16)27-20(31)29(8-7-28-9-11-30-12-10-28)14-15-3-1-2-4-18(15)23/h1-6,13H,7-12,14H2,(H,27,31). The van der Waals surface area contributed by atoms with Crippen molar-refractivity contribution in [3.63, 3.8) is 0 Å². The van der Waals surface area contributed by atoms with Crippen molar-refractivity contribution < 1.29 is 22.3 Å². The lowest BCUT2D eigenvalue weighted by atomic mass is 10.1. The summed E-state index contributed by atoms with van der Waals surface area (Å²) in [7, 11) is 0. The van der Waals surface area contributed by atoms with Gasteiger partial charge in [-0.15, -0.1) is 0 Å². The van der Waals surface area contributed by atoms with Crippen LogP contribution in [0.1, 0.15) is 11.1 Å². The lowest BCUT2D eigenvalue weighted by Gasteiger charge is -2.32. The normalized spacial score (nSPS) is 15.0. The minimum Gasteiger partial charge on any atom is -0.379 e. The van der Waals surface area contributed by atoms with Gasteiger partial charge in [0.1, 0.15) is 5.82 Å². The van der Waals surface area contributed by atoms with Crippen molar-refractivity contribution >= 4 is 34.6 Å². The van der Waals surface area contributed by atoms with Crippen molar-refractivity contribution in [3.05, 3.63) is 64.4 Å². The Morgan fingerprint density at radius 2 is 1.87 bits per heavy atom. The molecule has 0 radical (unpaired) electrons. The average Bonchev–Trinajstić information content (AvgIpc) is 2.72. The molecule has 0 saturated carbocycles. The maximum Gasteiger partial charge on any atom is 0.418 e. The summed E-state index contributed by atoms with van der Waals surface area (Å²) in [5.41, 5.74) is -0.719.